The van der Waals surface area contributed by atoms with E-state index in [1.807, 2.05) is 0 Å². The Morgan fingerprint density at radius 1 is 0.667 bits per heavy atom. The summed E-state index contributed by atoms with van der Waals surface area (Å²) < 4.78 is 2.03. The largest absolute Gasteiger partial charge is 2.00 e. The Balaban J connectivity index is 0.000000364. The number of carbonyl (C=O) groups excluding carboxylic acids is 2. The van der Waals surface area contributed by atoms with E-state index in [-0.39, 0.29) is 28.2 Å². The molecule has 0 heterocycles. The van der Waals surface area contributed by atoms with Gasteiger partial charge in [-0.3, -0.25) is 0 Å². The summed E-state index contributed by atoms with van der Waals surface area (Å²) in [6.07, 6.45) is 0. The predicted octanol–water partition coefficient (Wildman–Crippen LogP) is 1.31. The third-order valence-electron chi connectivity index (χ3n) is 2.16. The van der Waals surface area contributed by atoms with Crippen LogP contribution in [0.5, 0.6) is 0 Å². The average Bonchev–Trinajstić information content (AvgIpc) is 2.40. The van der Waals surface area contributed by atoms with Crippen molar-refractivity contribution in [3.05, 3.63) is 66.8 Å². The maximum absolute atomic E-state index is 10.2. The van der Waals surface area contributed by atoms with Gasteiger partial charge in [-0.2, -0.15) is 0 Å². The zero-order chi connectivity index (χ0) is 15.1. The fourth-order valence-electron chi connectivity index (χ4n) is 1.17. The fraction of sp³-hybridized carbons (Fsp3) is 0. The van der Waals surface area contributed by atoms with Crippen molar-refractivity contribution in [2.75, 3.05) is 0 Å². The van der Waals surface area contributed by atoms with Crippen LogP contribution in [0.1, 0.15) is 20.7 Å². The number of carboxylic acid groups (broad SMARTS) is 2. The molecule has 0 bridgehead atoms. The third kappa shape index (κ3) is 7.79. The summed E-state index contributed by atoms with van der Waals surface area (Å²) in [6, 6.07) is 13.0. The number of rotatable bonds is 2. The molecule has 4 nitrogen and oxygen atoms in total. The number of hydrogen-bond donors (Lipinski definition) is 0. The van der Waals surface area contributed by atoms with E-state index in [9.17, 15) is 19.8 Å². The molecule has 0 unspecified atom stereocenters. The summed E-state index contributed by atoms with van der Waals surface area (Å²) in [5.74, 6) is -2.26. The molecule has 113 valence electrons. The SMILES string of the molecule is O=C([O-])c1ccc(I)cc1.O=C([O-])c1ccc(I)cc1.[Cu+2]. The Kier molecular flexibility index (Phi) is 9.84. The van der Waals surface area contributed by atoms with Gasteiger partial charge in [-0.1, -0.05) is 24.3 Å². The maximum atomic E-state index is 10.2. The normalized spacial score (nSPS) is 8.86. The van der Waals surface area contributed by atoms with Gasteiger partial charge in [0.25, 0.3) is 0 Å². The van der Waals surface area contributed by atoms with E-state index in [2.05, 4.69) is 45.2 Å². The summed E-state index contributed by atoms with van der Waals surface area (Å²) >= 11 is 4.21. The number of benzene rings is 2. The standard InChI is InChI=1S/2C7H5IO2.Cu/c2*8-6-3-1-5(2-4-6)7(9)10;/h2*1-4H,(H,9,10);/q;;+2/p-2. The number of carbonyl (C=O) groups is 2. The van der Waals surface area contributed by atoms with Crippen LogP contribution in [-0.4, -0.2) is 11.9 Å². The molecule has 0 fully saturated rings. The second kappa shape index (κ2) is 10.1. The average molecular weight is 558 g/mol. The van der Waals surface area contributed by atoms with Crippen molar-refractivity contribution in [1.82, 2.24) is 0 Å². The van der Waals surface area contributed by atoms with Gasteiger partial charge in [-0.05, 0) is 80.6 Å². The zero-order valence-corrected chi connectivity index (χ0v) is 15.6. The van der Waals surface area contributed by atoms with Gasteiger partial charge in [0.2, 0.25) is 0 Å². The van der Waals surface area contributed by atoms with E-state index in [1.165, 1.54) is 24.3 Å². The zero-order valence-electron chi connectivity index (χ0n) is 10.3. The predicted molar refractivity (Wildman–Crippen MR) is 87.0 cm³/mol. The van der Waals surface area contributed by atoms with E-state index in [4.69, 9.17) is 0 Å². The van der Waals surface area contributed by atoms with Gasteiger partial charge < -0.3 is 19.8 Å². The number of aromatic carboxylic acids is 2. The minimum Gasteiger partial charge on any atom is -0.545 e. The molecule has 0 atom stereocenters. The van der Waals surface area contributed by atoms with E-state index < -0.39 is 11.9 Å². The van der Waals surface area contributed by atoms with E-state index >= 15 is 0 Å². The van der Waals surface area contributed by atoms with Crippen molar-refractivity contribution in [1.29, 1.82) is 0 Å². The van der Waals surface area contributed by atoms with Crippen molar-refractivity contribution in [2.45, 2.75) is 0 Å². The first-order valence-electron chi connectivity index (χ1n) is 5.34. The van der Waals surface area contributed by atoms with Crippen LogP contribution in [0, 0.1) is 7.14 Å². The maximum Gasteiger partial charge on any atom is 2.00 e. The van der Waals surface area contributed by atoms with Crippen LogP contribution in [0.15, 0.2) is 48.5 Å². The summed E-state index contributed by atoms with van der Waals surface area (Å²) in [5, 5.41) is 20.4. The van der Waals surface area contributed by atoms with E-state index in [1.54, 1.807) is 24.3 Å². The van der Waals surface area contributed by atoms with E-state index in [0.717, 1.165) is 7.14 Å². The molecule has 0 saturated heterocycles. The molecule has 0 aliphatic heterocycles. The van der Waals surface area contributed by atoms with Crippen LogP contribution < -0.4 is 10.2 Å². The van der Waals surface area contributed by atoms with E-state index in [0.29, 0.717) is 0 Å². The molecule has 0 saturated carbocycles. The minimum absolute atomic E-state index is 0. The van der Waals surface area contributed by atoms with Crippen LogP contribution in [0.4, 0.5) is 0 Å². The number of halogens is 2. The van der Waals surface area contributed by atoms with Gasteiger partial charge in [-0.25, -0.2) is 0 Å². The fourth-order valence-corrected chi connectivity index (χ4v) is 1.89. The molecular formula is C14H8CuI2O4. The second-order valence-electron chi connectivity index (χ2n) is 3.59. The second-order valence-corrected chi connectivity index (χ2v) is 6.08. The molecule has 0 aliphatic carbocycles. The van der Waals surface area contributed by atoms with Crippen LogP contribution in [0.3, 0.4) is 0 Å². The van der Waals surface area contributed by atoms with Crippen LogP contribution in [0.2, 0.25) is 0 Å². The molecule has 0 amide bonds. The van der Waals surface area contributed by atoms with Gasteiger partial charge in [0, 0.05) is 7.14 Å². The van der Waals surface area contributed by atoms with Crippen LogP contribution >= 0.6 is 45.2 Å². The molecule has 0 spiro atoms. The molecule has 7 heteroatoms. The molecule has 2 aromatic carbocycles. The molecule has 2 rings (SSSR count). The van der Waals surface area contributed by atoms with Crippen molar-refractivity contribution in [3.8, 4) is 0 Å². The van der Waals surface area contributed by atoms with Crippen LogP contribution in [-0.2, 0) is 17.1 Å². The van der Waals surface area contributed by atoms with Gasteiger partial charge in [0.15, 0.2) is 0 Å². The van der Waals surface area contributed by atoms with Crippen molar-refractivity contribution in [3.63, 3.8) is 0 Å². The van der Waals surface area contributed by atoms with Crippen LogP contribution in [0.25, 0.3) is 0 Å². The van der Waals surface area contributed by atoms with Crippen molar-refractivity contribution in [2.24, 2.45) is 0 Å². The first-order valence-corrected chi connectivity index (χ1v) is 7.49. The minimum atomic E-state index is -1.13. The Labute approximate surface area is 159 Å². The molecule has 21 heavy (non-hydrogen) atoms. The first kappa shape index (κ1) is 20.4. The summed E-state index contributed by atoms with van der Waals surface area (Å²) in [5.41, 5.74) is 0.445. The quantitative estimate of drug-likeness (QED) is 0.412. The smallest absolute Gasteiger partial charge is 0.545 e. The third-order valence-corrected chi connectivity index (χ3v) is 3.60. The molecular weight excluding hydrogens is 550 g/mol. The number of hydrogen-bond acceptors (Lipinski definition) is 4. The van der Waals surface area contributed by atoms with Gasteiger partial charge >= 0.3 is 17.1 Å². The summed E-state index contributed by atoms with van der Waals surface area (Å²) in [4.78, 5) is 20.4. The van der Waals surface area contributed by atoms with Gasteiger partial charge in [0.1, 0.15) is 0 Å². The Bertz CT molecular complexity index is 542. The first-order chi connectivity index (χ1) is 9.40. The topological polar surface area (TPSA) is 80.3 Å². The Morgan fingerprint density at radius 2 is 0.905 bits per heavy atom. The van der Waals surface area contributed by atoms with Crippen molar-refractivity contribution < 1.29 is 36.9 Å². The number of carboxylic acids is 2. The Hall–Kier alpha value is -0.641. The monoisotopic (exact) mass is 557 g/mol. The summed E-state index contributed by atoms with van der Waals surface area (Å²) in [7, 11) is 0. The van der Waals surface area contributed by atoms with Gasteiger partial charge in [-0.15, -0.1) is 0 Å². The molecule has 2 aromatic rings. The molecule has 1 radical (unpaired) electrons. The molecule has 0 aromatic heterocycles. The summed E-state index contributed by atoms with van der Waals surface area (Å²) in [6.45, 7) is 0. The van der Waals surface area contributed by atoms with Crippen molar-refractivity contribution >= 4 is 57.1 Å². The Morgan fingerprint density at radius 3 is 1.10 bits per heavy atom. The van der Waals surface area contributed by atoms with Gasteiger partial charge in [0.05, 0.1) is 11.9 Å². The molecule has 0 aliphatic rings. The molecule has 0 N–H and O–H groups in total.